The first-order valence-electron chi connectivity index (χ1n) is 2.66. The first-order valence-corrected chi connectivity index (χ1v) is 6.77. The normalized spacial score (nSPS) is 11.3. The predicted molar refractivity (Wildman–Crippen MR) is 48.3 cm³/mol. The van der Waals surface area contributed by atoms with Gasteiger partial charge in [-0.1, -0.05) is 22.0 Å². The fourth-order valence-electron chi connectivity index (χ4n) is 0.610. The minimum atomic E-state index is -1.40. The molecule has 0 aliphatic carbocycles. The maximum absolute atomic E-state index is 12.4. The van der Waals surface area contributed by atoms with Crippen LogP contribution >= 0.6 is 28.3 Å². The average molecular weight is 290 g/mol. The highest BCUT2D eigenvalue weighted by atomic mass is 127. The van der Waals surface area contributed by atoms with Gasteiger partial charge in [-0.05, 0) is 23.7 Å². The van der Waals surface area contributed by atoms with Crippen LogP contribution in [0, 0.1) is 17.5 Å². The van der Waals surface area contributed by atoms with Gasteiger partial charge in [-0.25, -0.2) is 13.2 Å². The topological polar surface area (TPSA) is 0 Å². The Bertz CT molecular complexity index is 254. The van der Waals surface area contributed by atoms with E-state index >= 15 is 0 Å². The molecule has 1 atom stereocenters. The molecule has 0 heterocycles. The van der Waals surface area contributed by atoms with Crippen LogP contribution in [-0.2, 0) is 0 Å². The second-order valence-electron chi connectivity index (χ2n) is 1.85. The fraction of sp³-hybridized carbons (Fsp3) is 0. The number of rotatable bonds is 1. The second kappa shape index (κ2) is 3.72. The Labute approximate surface area is 76.4 Å². The van der Waals surface area contributed by atoms with Crippen LogP contribution in [-0.4, -0.2) is 0 Å². The van der Waals surface area contributed by atoms with Crippen molar-refractivity contribution in [3.8, 4) is 0 Å². The molecule has 0 nitrogen and oxygen atoms in total. The molecular weight excluding hydrogens is 287 g/mol. The first kappa shape index (κ1) is 9.26. The SMILES string of the molecule is Fc1cc(PI)cc(F)c1F. The van der Waals surface area contributed by atoms with Crippen LogP contribution in [0.15, 0.2) is 12.1 Å². The van der Waals surface area contributed by atoms with E-state index in [2.05, 4.69) is 0 Å². The van der Waals surface area contributed by atoms with E-state index in [0.29, 0.717) is 5.30 Å². The Morgan fingerprint density at radius 1 is 1.09 bits per heavy atom. The van der Waals surface area contributed by atoms with Gasteiger partial charge in [0, 0.05) is 0 Å². The minimum absolute atomic E-state index is 0.242. The summed E-state index contributed by atoms with van der Waals surface area (Å²) in [5.41, 5.74) is 0. The number of benzene rings is 1. The molecule has 0 amide bonds. The van der Waals surface area contributed by atoms with Crippen LogP contribution in [0.2, 0.25) is 0 Å². The molecule has 0 N–H and O–H groups in total. The Morgan fingerprint density at radius 3 is 1.91 bits per heavy atom. The van der Waals surface area contributed by atoms with Gasteiger partial charge >= 0.3 is 0 Å². The number of halogens is 4. The van der Waals surface area contributed by atoms with Crippen LogP contribution < -0.4 is 5.30 Å². The molecule has 0 aromatic heterocycles. The van der Waals surface area contributed by atoms with E-state index in [1.54, 1.807) is 0 Å². The molecule has 0 spiro atoms. The Morgan fingerprint density at radius 2 is 1.55 bits per heavy atom. The van der Waals surface area contributed by atoms with Crippen molar-refractivity contribution >= 4 is 33.6 Å². The van der Waals surface area contributed by atoms with Gasteiger partial charge in [-0.3, -0.25) is 0 Å². The van der Waals surface area contributed by atoms with Crippen LogP contribution in [0.3, 0.4) is 0 Å². The molecule has 5 heteroatoms. The summed E-state index contributed by atoms with van der Waals surface area (Å²) in [5, 5.41) is 0.474. The van der Waals surface area contributed by atoms with E-state index in [4.69, 9.17) is 0 Å². The van der Waals surface area contributed by atoms with Crippen LogP contribution in [0.1, 0.15) is 0 Å². The van der Waals surface area contributed by atoms with Crippen molar-refractivity contribution in [3.05, 3.63) is 29.6 Å². The molecule has 1 unspecified atom stereocenters. The van der Waals surface area contributed by atoms with E-state index in [-0.39, 0.29) is 6.22 Å². The number of hydrogen-bond acceptors (Lipinski definition) is 0. The molecule has 1 aromatic rings. The molecule has 0 saturated heterocycles. The molecule has 1 aromatic carbocycles. The highest BCUT2D eigenvalue weighted by Gasteiger charge is 2.09. The summed E-state index contributed by atoms with van der Waals surface area (Å²) < 4.78 is 37.1. The molecule has 11 heavy (non-hydrogen) atoms. The van der Waals surface area contributed by atoms with Gasteiger partial charge in [0.05, 0.1) is 0 Å². The quantitative estimate of drug-likeness (QED) is 0.424. The Balaban J connectivity index is 3.21. The van der Waals surface area contributed by atoms with Gasteiger partial charge in [-0.2, -0.15) is 0 Å². The Hall–Kier alpha value is 0.170. The monoisotopic (exact) mass is 290 g/mol. The molecule has 0 aliphatic heterocycles. The molecule has 0 aliphatic rings. The molecule has 60 valence electrons. The van der Waals surface area contributed by atoms with Gasteiger partial charge in [0.25, 0.3) is 0 Å². The molecule has 0 bridgehead atoms. The van der Waals surface area contributed by atoms with E-state index in [1.165, 1.54) is 0 Å². The van der Waals surface area contributed by atoms with E-state index in [0.717, 1.165) is 12.1 Å². The van der Waals surface area contributed by atoms with Crippen LogP contribution in [0.5, 0.6) is 0 Å². The van der Waals surface area contributed by atoms with Crippen molar-refractivity contribution in [2.24, 2.45) is 0 Å². The van der Waals surface area contributed by atoms with E-state index < -0.39 is 17.5 Å². The third-order valence-electron chi connectivity index (χ3n) is 1.09. The summed E-state index contributed by atoms with van der Waals surface area (Å²) in [4.78, 5) is 0. The van der Waals surface area contributed by atoms with Crippen molar-refractivity contribution in [3.63, 3.8) is 0 Å². The largest absolute Gasteiger partial charge is 0.204 e. The van der Waals surface area contributed by atoms with Gasteiger partial charge in [-0.15, -0.1) is 0 Å². The van der Waals surface area contributed by atoms with Crippen molar-refractivity contribution in [2.75, 3.05) is 0 Å². The zero-order valence-electron chi connectivity index (χ0n) is 5.17. The fourth-order valence-corrected chi connectivity index (χ4v) is 1.91. The second-order valence-corrected chi connectivity index (χ2v) is 4.23. The zero-order valence-corrected chi connectivity index (χ0v) is 8.32. The smallest absolute Gasteiger partial charge is 0.194 e. The third-order valence-corrected chi connectivity index (χ3v) is 3.47. The molecule has 0 saturated carbocycles. The summed E-state index contributed by atoms with van der Waals surface area (Å²) in [6, 6.07) is 2.01. The lowest BCUT2D eigenvalue weighted by atomic mass is 10.3. The molecule has 0 fully saturated rings. The van der Waals surface area contributed by atoms with E-state index in [1.807, 2.05) is 22.0 Å². The van der Waals surface area contributed by atoms with Crippen LogP contribution in [0.25, 0.3) is 0 Å². The third kappa shape index (κ3) is 2.06. The average Bonchev–Trinajstić information content (AvgIpc) is 1.99. The number of hydrogen-bond donors (Lipinski definition) is 0. The first-order chi connectivity index (χ1) is 5.15. The summed E-state index contributed by atoms with van der Waals surface area (Å²) in [6.07, 6.45) is 0.242. The van der Waals surface area contributed by atoms with Gasteiger partial charge in [0.2, 0.25) is 0 Å². The van der Waals surface area contributed by atoms with Crippen molar-refractivity contribution in [1.82, 2.24) is 0 Å². The standard InChI is InChI=1S/C6H3F3IP/c7-4-1-3(11-10)2-5(8)6(4)9/h1-2,11H. The minimum Gasteiger partial charge on any atom is -0.204 e. The van der Waals surface area contributed by atoms with Crippen molar-refractivity contribution < 1.29 is 13.2 Å². The highest BCUT2D eigenvalue weighted by molar-refractivity contribution is 14.2. The molecule has 1 rings (SSSR count). The van der Waals surface area contributed by atoms with Gasteiger partial charge in [0.15, 0.2) is 17.5 Å². The molecular formula is C6H3F3IP. The summed E-state index contributed by atoms with van der Waals surface area (Å²) in [5.74, 6) is -3.64. The Kier molecular flexibility index (Phi) is 3.13. The zero-order chi connectivity index (χ0) is 8.43. The van der Waals surface area contributed by atoms with Crippen LogP contribution in [0.4, 0.5) is 13.2 Å². The maximum atomic E-state index is 12.4. The highest BCUT2D eigenvalue weighted by Crippen LogP contribution is 2.21. The lowest BCUT2D eigenvalue weighted by molar-refractivity contribution is 0.448. The lowest BCUT2D eigenvalue weighted by Gasteiger charge is -1.97. The maximum Gasteiger partial charge on any atom is 0.194 e. The summed E-state index contributed by atoms with van der Waals surface area (Å²) >= 11 is 1.97. The van der Waals surface area contributed by atoms with Gasteiger partial charge < -0.3 is 0 Å². The predicted octanol–water partition coefficient (Wildman–Crippen LogP) is 2.76. The lowest BCUT2D eigenvalue weighted by Crippen LogP contribution is -2.00. The summed E-state index contributed by atoms with van der Waals surface area (Å²) in [7, 11) is 0. The van der Waals surface area contributed by atoms with Crippen molar-refractivity contribution in [1.29, 1.82) is 0 Å². The van der Waals surface area contributed by atoms with Crippen molar-refractivity contribution in [2.45, 2.75) is 0 Å². The van der Waals surface area contributed by atoms with Gasteiger partial charge in [0.1, 0.15) is 0 Å². The summed E-state index contributed by atoms with van der Waals surface area (Å²) in [6.45, 7) is 0. The molecule has 0 radical (unpaired) electrons. The van der Waals surface area contributed by atoms with E-state index in [9.17, 15) is 13.2 Å².